The number of hydrogen-bond acceptors (Lipinski definition) is 2. The lowest BCUT2D eigenvalue weighted by molar-refractivity contribution is 0.932. The highest BCUT2D eigenvalue weighted by molar-refractivity contribution is 9.10. The van der Waals surface area contributed by atoms with E-state index >= 15 is 0 Å². The number of hydrogen-bond donors (Lipinski definition) is 3. The second kappa shape index (κ2) is 3.90. The van der Waals surface area contributed by atoms with Gasteiger partial charge in [-0.3, -0.25) is 0 Å². The predicted octanol–water partition coefficient (Wildman–Crippen LogP) is 0.737. The topological polar surface area (TPSA) is 67.8 Å². The van der Waals surface area contributed by atoms with Crippen LogP contribution in [0.3, 0.4) is 0 Å². The maximum Gasteiger partial charge on any atom is 0.0867 e. The molecule has 0 bridgehead atoms. The molecule has 0 fully saturated rings. The first-order valence-electron chi connectivity index (χ1n) is 3.54. The normalized spacial score (nSPS) is 10.5. The third-order valence-electron chi connectivity index (χ3n) is 1.53. The molecule has 0 atom stereocenters. The van der Waals surface area contributed by atoms with Crippen LogP contribution in [0.25, 0.3) is 0 Å². The fourth-order valence-electron chi connectivity index (χ4n) is 0.970. The molecule has 1 heterocycles. The molecule has 1 rings (SSSR count). The quantitative estimate of drug-likeness (QED) is 0.700. The van der Waals surface area contributed by atoms with E-state index in [0.29, 0.717) is 13.1 Å². The van der Waals surface area contributed by atoms with Crippen LogP contribution in [0, 0.1) is 0 Å². The fraction of sp³-hybridized carbons (Fsp3) is 0.429. The Kier molecular flexibility index (Phi) is 3.11. The van der Waals surface area contributed by atoms with E-state index in [-0.39, 0.29) is 0 Å². The molecule has 0 amide bonds. The van der Waals surface area contributed by atoms with Gasteiger partial charge in [0.05, 0.1) is 4.60 Å². The van der Waals surface area contributed by atoms with Gasteiger partial charge in [-0.1, -0.05) is 0 Å². The molecule has 11 heavy (non-hydrogen) atoms. The van der Waals surface area contributed by atoms with Crippen molar-refractivity contribution in [1.29, 1.82) is 0 Å². The number of nitrogens with one attached hydrogen (secondary N) is 1. The third-order valence-corrected chi connectivity index (χ3v) is 2.24. The van der Waals surface area contributed by atoms with Crippen LogP contribution in [-0.4, -0.2) is 11.5 Å². The van der Waals surface area contributed by atoms with Gasteiger partial charge in [-0.25, -0.2) is 0 Å². The Morgan fingerprint density at radius 2 is 2.18 bits per heavy atom. The van der Waals surface area contributed by atoms with Crippen molar-refractivity contribution < 1.29 is 0 Å². The number of H-pyrrole nitrogens is 1. The number of rotatable bonds is 3. The van der Waals surface area contributed by atoms with E-state index in [2.05, 4.69) is 20.9 Å². The van der Waals surface area contributed by atoms with E-state index in [4.69, 9.17) is 11.5 Å². The Balaban J connectivity index is 2.77. The lowest BCUT2D eigenvalue weighted by Gasteiger charge is -1.89. The average molecular weight is 218 g/mol. The van der Waals surface area contributed by atoms with Crippen molar-refractivity contribution in [2.75, 3.05) is 6.54 Å². The SMILES string of the molecule is NCCc1cc(CN)c(Br)[nH]1. The van der Waals surface area contributed by atoms with Crippen LogP contribution < -0.4 is 11.5 Å². The van der Waals surface area contributed by atoms with Crippen LogP contribution in [0.2, 0.25) is 0 Å². The zero-order chi connectivity index (χ0) is 8.27. The summed E-state index contributed by atoms with van der Waals surface area (Å²) >= 11 is 3.37. The maximum atomic E-state index is 5.48. The van der Waals surface area contributed by atoms with Crippen molar-refractivity contribution in [2.45, 2.75) is 13.0 Å². The van der Waals surface area contributed by atoms with Gasteiger partial charge in [0.25, 0.3) is 0 Å². The Morgan fingerprint density at radius 1 is 1.45 bits per heavy atom. The van der Waals surface area contributed by atoms with Crippen molar-refractivity contribution in [3.8, 4) is 0 Å². The highest BCUT2D eigenvalue weighted by atomic mass is 79.9. The third kappa shape index (κ3) is 2.05. The molecule has 5 N–H and O–H groups in total. The summed E-state index contributed by atoms with van der Waals surface area (Å²) in [5.74, 6) is 0. The van der Waals surface area contributed by atoms with E-state index in [1.54, 1.807) is 0 Å². The van der Waals surface area contributed by atoms with Gasteiger partial charge in [0.2, 0.25) is 0 Å². The summed E-state index contributed by atoms with van der Waals surface area (Å²) < 4.78 is 0.975. The van der Waals surface area contributed by atoms with Crippen molar-refractivity contribution in [3.63, 3.8) is 0 Å². The molecular formula is C7H12BrN3. The summed E-state index contributed by atoms with van der Waals surface area (Å²) in [5.41, 5.74) is 13.1. The van der Waals surface area contributed by atoms with Gasteiger partial charge in [-0.05, 0) is 40.5 Å². The summed E-state index contributed by atoms with van der Waals surface area (Å²) in [6.07, 6.45) is 0.874. The van der Waals surface area contributed by atoms with Crippen molar-refractivity contribution in [3.05, 3.63) is 21.9 Å². The monoisotopic (exact) mass is 217 g/mol. The molecule has 1 aromatic heterocycles. The Morgan fingerprint density at radius 3 is 2.64 bits per heavy atom. The van der Waals surface area contributed by atoms with Gasteiger partial charge < -0.3 is 16.5 Å². The summed E-state index contributed by atoms with van der Waals surface area (Å²) in [7, 11) is 0. The molecular weight excluding hydrogens is 206 g/mol. The fourth-order valence-corrected chi connectivity index (χ4v) is 1.50. The van der Waals surface area contributed by atoms with Crippen molar-refractivity contribution in [1.82, 2.24) is 4.98 Å². The highest BCUT2D eigenvalue weighted by Crippen LogP contribution is 2.16. The molecule has 0 aliphatic heterocycles. The van der Waals surface area contributed by atoms with E-state index in [0.717, 1.165) is 22.3 Å². The van der Waals surface area contributed by atoms with Crippen LogP contribution in [0.15, 0.2) is 10.7 Å². The first-order chi connectivity index (χ1) is 5.27. The van der Waals surface area contributed by atoms with Crippen LogP contribution in [-0.2, 0) is 13.0 Å². The molecule has 1 aromatic rings. The molecule has 0 saturated carbocycles. The molecule has 0 aromatic carbocycles. The summed E-state index contributed by atoms with van der Waals surface area (Å²) in [4.78, 5) is 3.15. The summed E-state index contributed by atoms with van der Waals surface area (Å²) in [5, 5.41) is 0. The minimum Gasteiger partial charge on any atom is -0.353 e. The Labute approximate surface area is 74.3 Å². The average Bonchev–Trinajstić information content (AvgIpc) is 2.32. The van der Waals surface area contributed by atoms with E-state index in [1.165, 1.54) is 0 Å². The number of aromatic amines is 1. The maximum absolute atomic E-state index is 5.48. The standard InChI is InChI=1S/C7H12BrN3/c8-7-5(4-10)3-6(11-7)1-2-9/h3,11H,1-2,4,9-10H2. The Hall–Kier alpha value is -0.320. The van der Waals surface area contributed by atoms with Crippen LogP contribution in [0.5, 0.6) is 0 Å². The summed E-state index contributed by atoms with van der Waals surface area (Å²) in [6, 6.07) is 2.04. The summed E-state index contributed by atoms with van der Waals surface area (Å²) in [6.45, 7) is 1.22. The minimum atomic E-state index is 0.557. The van der Waals surface area contributed by atoms with Gasteiger partial charge in [-0.15, -0.1) is 0 Å². The molecule has 0 spiro atoms. The zero-order valence-corrected chi connectivity index (χ0v) is 7.82. The molecule has 0 aliphatic rings. The first kappa shape index (κ1) is 8.77. The van der Waals surface area contributed by atoms with Crippen molar-refractivity contribution in [2.24, 2.45) is 11.5 Å². The van der Waals surface area contributed by atoms with E-state index in [1.807, 2.05) is 6.07 Å². The smallest absolute Gasteiger partial charge is 0.0867 e. The lowest BCUT2D eigenvalue weighted by Crippen LogP contribution is -2.02. The van der Waals surface area contributed by atoms with Gasteiger partial charge in [0.15, 0.2) is 0 Å². The minimum absolute atomic E-state index is 0.557. The van der Waals surface area contributed by atoms with Gasteiger partial charge >= 0.3 is 0 Å². The van der Waals surface area contributed by atoms with Crippen LogP contribution >= 0.6 is 15.9 Å². The zero-order valence-electron chi connectivity index (χ0n) is 6.23. The number of halogens is 1. The number of nitrogens with two attached hydrogens (primary N) is 2. The van der Waals surface area contributed by atoms with Gasteiger partial charge in [-0.2, -0.15) is 0 Å². The van der Waals surface area contributed by atoms with Crippen LogP contribution in [0.1, 0.15) is 11.3 Å². The lowest BCUT2D eigenvalue weighted by atomic mass is 10.2. The molecule has 62 valence electrons. The van der Waals surface area contributed by atoms with E-state index < -0.39 is 0 Å². The molecule has 4 heteroatoms. The molecule has 0 saturated heterocycles. The Bertz CT molecular complexity index is 232. The van der Waals surface area contributed by atoms with Crippen LogP contribution in [0.4, 0.5) is 0 Å². The first-order valence-corrected chi connectivity index (χ1v) is 4.33. The van der Waals surface area contributed by atoms with Crippen molar-refractivity contribution >= 4 is 15.9 Å². The second-order valence-electron chi connectivity index (χ2n) is 2.38. The highest BCUT2D eigenvalue weighted by Gasteiger charge is 2.02. The largest absolute Gasteiger partial charge is 0.353 e. The predicted molar refractivity (Wildman–Crippen MR) is 49.1 cm³/mol. The second-order valence-corrected chi connectivity index (χ2v) is 3.17. The van der Waals surface area contributed by atoms with Gasteiger partial charge in [0, 0.05) is 12.2 Å². The number of aromatic nitrogens is 1. The van der Waals surface area contributed by atoms with Gasteiger partial charge in [0.1, 0.15) is 0 Å². The molecule has 0 radical (unpaired) electrons. The van der Waals surface area contributed by atoms with E-state index in [9.17, 15) is 0 Å². The molecule has 0 aliphatic carbocycles. The molecule has 0 unspecified atom stereocenters. The molecule has 3 nitrogen and oxygen atoms in total.